The third kappa shape index (κ3) is 5.45. The number of ketones is 1. The number of fused-ring (bicyclic) bond motifs is 7. The number of para-hydroxylation sites is 1. The Morgan fingerprint density at radius 2 is 1.61 bits per heavy atom. The van der Waals surface area contributed by atoms with Crippen molar-refractivity contribution in [2.45, 2.75) is 125 Å². The molecule has 0 bridgehead atoms. The average molecular weight is 675 g/mol. The molecule has 5 aliphatic rings. The number of nitrogens with one attached hydrogen (secondary N) is 2. The van der Waals surface area contributed by atoms with Gasteiger partial charge in [-0.3, -0.25) is 14.4 Å². The fraction of sp³-hybridized carbons (Fsp3) is 0.707. The standard InChI is InChI=1S/C41H58N2O6/c1-36(2)30-15-18-41(7)33(29(44)23-26-27-24-38(4,34(47)49-8)20-19-37(27,3)21-22-40(26,41)6)39(30,5)17-16-31(36)43-35(48)42-28-12-10-9-11-25(28)13-14-32(45)46/h9-12,23,27,30-31,33H,13-22,24H2,1-8H3,(H,45,46)(H2,42,43,48)/t27-,30+,31?,33-,37-,38+,39+,40-,41-/m1/s1. The molecule has 4 fully saturated rings. The Morgan fingerprint density at radius 1 is 0.918 bits per heavy atom. The number of carbonyl (C=O) groups excluding carboxylic acids is 3. The van der Waals surface area contributed by atoms with E-state index in [0.717, 1.165) is 63.4 Å². The number of benzene rings is 1. The molecule has 0 radical (unpaired) electrons. The van der Waals surface area contributed by atoms with Gasteiger partial charge in [-0.2, -0.15) is 0 Å². The molecule has 8 nitrogen and oxygen atoms in total. The number of aryl methyl sites for hydroxylation is 1. The van der Waals surface area contributed by atoms with Crippen LogP contribution in [0.5, 0.6) is 0 Å². The molecule has 49 heavy (non-hydrogen) atoms. The van der Waals surface area contributed by atoms with Gasteiger partial charge in [-0.25, -0.2) is 4.79 Å². The number of carboxylic acids is 1. The van der Waals surface area contributed by atoms with Crippen molar-refractivity contribution in [3.05, 3.63) is 41.5 Å². The molecule has 5 aliphatic carbocycles. The van der Waals surface area contributed by atoms with Crippen molar-refractivity contribution < 1.29 is 29.0 Å². The first-order valence-electron chi connectivity index (χ1n) is 18.6. The van der Waals surface area contributed by atoms with Crippen molar-refractivity contribution in [2.24, 2.45) is 50.2 Å². The molecule has 268 valence electrons. The number of rotatable bonds is 6. The number of anilines is 1. The highest BCUT2D eigenvalue weighted by atomic mass is 16.5. The van der Waals surface area contributed by atoms with Gasteiger partial charge in [0.15, 0.2) is 5.78 Å². The van der Waals surface area contributed by atoms with E-state index in [0.29, 0.717) is 12.1 Å². The van der Waals surface area contributed by atoms with Gasteiger partial charge in [0.1, 0.15) is 0 Å². The van der Waals surface area contributed by atoms with Crippen LogP contribution in [0.25, 0.3) is 0 Å². The van der Waals surface area contributed by atoms with Gasteiger partial charge in [-0.05, 0) is 128 Å². The van der Waals surface area contributed by atoms with Gasteiger partial charge in [0.25, 0.3) is 0 Å². The topological polar surface area (TPSA) is 122 Å². The molecular formula is C41H58N2O6. The van der Waals surface area contributed by atoms with E-state index in [9.17, 15) is 24.3 Å². The molecule has 3 N–H and O–H groups in total. The molecule has 8 heteroatoms. The summed E-state index contributed by atoms with van der Waals surface area (Å²) in [6.07, 6.45) is 10.7. The first-order chi connectivity index (χ1) is 22.8. The maximum atomic E-state index is 14.7. The molecule has 6 rings (SSSR count). The molecule has 9 atom stereocenters. The van der Waals surface area contributed by atoms with E-state index < -0.39 is 11.4 Å². The van der Waals surface area contributed by atoms with Crippen LogP contribution >= 0.6 is 0 Å². The van der Waals surface area contributed by atoms with Crippen molar-refractivity contribution in [3.63, 3.8) is 0 Å². The van der Waals surface area contributed by atoms with Crippen LogP contribution in [0.1, 0.15) is 118 Å². The molecule has 0 saturated heterocycles. The highest BCUT2D eigenvalue weighted by molar-refractivity contribution is 5.96. The largest absolute Gasteiger partial charge is 0.481 e. The number of methoxy groups -OCH3 is 1. The van der Waals surface area contributed by atoms with Crippen molar-refractivity contribution in [3.8, 4) is 0 Å². The Hall–Kier alpha value is -3.16. The lowest BCUT2D eigenvalue weighted by Gasteiger charge is -2.70. The van der Waals surface area contributed by atoms with Gasteiger partial charge >= 0.3 is 18.0 Å². The zero-order valence-corrected chi connectivity index (χ0v) is 31.0. The van der Waals surface area contributed by atoms with Crippen LogP contribution in [-0.4, -0.2) is 42.0 Å². The summed E-state index contributed by atoms with van der Waals surface area (Å²) in [4.78, 5) is 52.4. The second-order valence-corrected chi connectivity index (χ2v) is 18.3. The Bertz CT molecular complexity index is 1580. The Labute approximate surface area is 292 Å². The number of amides is 2. The second-order valence-electron chi connectivity index (χ2n) is 18.3. The molecule has 0 aromatic heterocycles. The number of hydrogen-bond donors (Lipinski definition) is 3. The van der Waals surface area contributed by atoms with Crippen molar-refractivity contribution in [2.75, 3.05) is 12.4 Å². The highest BCUT2D eigenvalue weighted by Gasteiger charge is 2.70. The normalized spacial score (nSPS) is 40.7. The molecule has 1 unspecified atom stereocenters. The van der Waals surface area contributed by atoms with Crippen LogP contribution in [0.4, 0.5) is 10.5 Å². The number of carboxylic acid groups (broad SMARTS) is 1. The number of carbonyl (C=O) groups is 4. The van der Waals surface area contributed by atoms with E-state index >= 15 is 0 Å². The lowest BCUT2D eigenvalue weighted by molar-refractivity contribution is -0.189. The zero-order chi connectivity index (χ0) is 35.8. The number of urea groups is 1. The molecule has 0 spiro atoms. The fourth-order valence-corrected chi connectivity index (χ4v) is 12.3. The minimum absolute atomic E-state index is 0.00237. The summed E-state index contributed by atoms with van der Waals surface area (Å²) < 4.78 is 5.30. The minimum atomic E-state index is -0.871. The molecule has 0 heterocycles. The summed E-state index contributed by atoms with van der Waals surface area (Å²) in [5.41, 5.74) is 1.45. The summed E-state index contributed by atoms with van der Waals surface area (Å²) in [6.45, 7) is 16.2. The summed E-state index contributed by atoms with van der Waals surface area (Å²) in [5, 5.41) is 15.5. The van der Waals surface area contributed by atoms with Crippen LogP contribution in [0.3, 0.4) is 0 Å². The van der Waals surface area contributed by atoms with Gasteiger partial charge in [-0.1, -0.05) is 65.3 Å². The molecule has 2 amide bonds. The minimum Gasteiger partial charge on any atom is -0.481 e. The third-order valence-corrected chi connectivity index (χ3v) is 15.5. The number of hydrogen-bond acceptors (Lipinski definition) is 5. The third-order valence-electron chi connectivity index (χ3n) is 15.5. The molecular weight excluding hydrogens is 616 g/mol. The van der Waals surface area contributed by atoms with Crippen molar-refractivity contribution in [1.82, 2.24) is 5.32 Å². The van der Waals surface area contributed by atoms with Crippen LogP contribution in [0.2, 0.25) is 0 Å². The number of aliphatic carboxylic acids is 1. The van der Waals surface area contributed by atoms with Crippen molar-refractivity contribution >= 4 is 29.4 Å². The van der Waals surface area contributed by atoms with E-state index in [1.165, 1.54) is 12.7 Å². The van der Waals surface area contributed by atoms with Gasteiger partial charge in [0.05, 0.1) is 12.5 Å². The Morgan fingerprint density at radius 3 is 2.31 bits per heavy atom. The number of allylic oxidation sites excluding steroid dienone is 2. The number of ether oxygens (including phenoxy) is 1. The lowest BCUT2D eigenvalue weighted by Crippen LogP contribution is -2.67. The first kappa shape index (κ1) is 35.7. The zero-order valence-electron chi connectivity index (χ0n) is 31.0. The quantitative estimate of drug-likeness (QED) is 0.261. The van der Waals surface area contributed by atoms with Crippen molar-refractivity contribution in [1.29, 1.82) is 0 Å². The molecule has 0 aliphatic heterocycles. The van der Waals surface area contributed by atoms with Gasteiger partial charge in [-0.15, -0.1) is 0 Å². The Kier molecular flexibility index (Phi) is 8.71. The van der Waals surface area contributed by atoms with E-state index in [2.05, 4.69) is 65.2 Å². The predicted molar refractivity (Wildman–Crippen MR) is 190 cm³/mol. The van der Waals surface area contributed by atoms with E-state index in [-0.39, 0.29) is 75.1 Å². The highest BCUT2D eigenvalue weighted by Crippen LogP contribution is 2.75. The summed E-state index contributed by atoms with van der Waals surface area (Å²) in [5.74, 6) is -0.429. The molecule has 1 aromatic rings. The van der Waals surface area contributed by atoms with E-state index in [1.54, 1.807) is 0 Å². The molecule has 1 aromatic carbocycles. The lowest BCUT2D eigenvalue weighted by atomic mass is 9.33. The summed E-state index contributed by atoms with van der Waals surface area (Å²) in [6, 6.07) is 7.01. The van der Waals surface area contributed by atoms with Crippen LogP contribution in [-0.2, 0) is 25.5 Å². The van der Waals surface area contributed by atoms with E-state index in [4.69, 9.17) is 4.74 Å². The fourth-order valence-electron chi connectivity index (χ4n) is 12.3. The second kappa shape index (κ2) is 12.0. The SMILES string of the molecule is COC(=O)[C@@]1(C)CC[C@]2(C)CC[C@]3(C)C(=CC(=O)[C@@H]4[C@@]5(C)CCC(NC(=O)Nc6ccccc6CCC(=O)O)C(C)(C)[C@@H]5CC[C@]43C)[C@H]2C1. The summed E-state index contributed by atoms with van der Waals surface area (Å²) in [7, 11) is 1.49. The van der Waals surface area contributed by atoms with Gasteiger partial charge < -0.3 is 20.5 Å². The van der Waals surface area contributed by atoms with Gasteiger partial charge in [0.2, 0.25) is 0 Å². The van der Waals surface area contributed by atoms with Gasteiger partial charge in [0, 0.05) is 24.1 Å². The number of esters is 1. The maximum Gasteiger partial charge on any atom is 0.319 e. The maximum absolute atomic E-state index is 14.7. The van der Waals surface area contributed by atoms with E-state index in [1.807, 2.05) is 24.3 Å². The van der Waals surface area contributed by atoms with Crippen LogP contribution < -0.4 is 10.6 Å². The average Bonchev–Trinajstić information content (AvgIpc) is 3.03. The van der Waals surface area contributed by atoms with Crippen LogP contribution in [0.15, 0.2) is 35.9 Å². The van der Waals surface area contributed by atoms with Crippen LogP contribution in [0, 0.1) is 50.2 Å². The summed E-state index contributed by atoms with van der Waals surface area (Å²) >= 11 is 0. The predicted octanol–water partition coefficient (Wildman–Crippen LogP) is 8.35. The Balaban J connectivity index is 1.26. The first-order valence-corrected chi connectivity index (χ1v) is 18.6. The smallest absolute Gasteiger partial charge is 0.319 e. The monoisotopic (exact) mass is 674 g/mol. The molecule has 4 saturated carbocycles.